The summed E-state index contributed by atoms with van der Waals surface area (Å²) in [7, 11) is 0. The third kappa shape index (κ3) is 2.52. The molecule has 0 aliphatic carbocycles. The molecule has 0 spiro atoms. The topological polar surface area (TPSA) is 22.1 Å². The van der Waals surface area contributed by atoms with Crippen LogP contribution in [0.2, 0.25) is 0 Å². The fraction of sp³-hybridized carbons (Fsp3) is 0.154. The van der Waals surface area contributed by atoms with Crippen molar-refractivity contribution in [3.05, 3.63) is 53.7 Å². The van der Waals surface area contributed by atoms with Crippen molar-refractivity contribution in [3.63, 3.8) is 0 Å². The molecule has 0 radical (unpaired) electrons. The predicted molar refractivity (Wildman–Crippen MR) is 65.0 cm³/mol. The molecule has 0 aliphatic heterocycles. The molecule has 1 aromatic carbocycles. The van der Waals surface area contributed by atoms with E-state index < -0.39 is 0 Å². The fourth-order valence-corrected chi connectivity index (χ4v) is 1.61. The number of hydrogen-bond donors (Lipinski definition) is 0. The number of benzene rings is 1. The maximum atomic E-state index is 5.81. The molecular formula is C13H12ClNO. The van der Waals surface area contributed by atoms with Crippen molar-refractivity contribution in [1.29, 1.82) is 0 Å². The number of halogens is 1. The van der Waals surface area contributed by atoms with Crippen molar-refractivity contribution in [3.8, 4) is 11.6 Å². The second-order valence-corrected chi connectivity index (χ2v) is 3.79. The number of alkyl halides is 1. The van der Waals surface area contributed by atoms with Gasteiger partial charge in [-0.05, 0) is 30.7 Å². The molecule has 1 aromatic heterocycles. The van der Waals surface area contributed by atoms with Gasteiger partial charge in [0, 0.05) is 11.8 Å². The lowest BCUT2D eigenvalue weighted by Gasteiger charge is -2.08. The summed E-state index contributed by atoms with van der Waals surface area (Å²) in [4.78, 5) is 4.17. The van der Waals surface area contributed by atoms with Crippen LogP contribution in [0.3, 0.4) is 0 Å². The van der Waals surface area contributed by atoms with Crippen LogP contribution in [-0.4, -0.2) is 4.98 Å². The summed E-state index contributed by atoms with van der Waals surface area (Å²) in [6, 6.07) is 11.6. The highest BCUT2D eigenvalue weighted by atomic mass is 35.5. The zero-order chi connectivity index (χ0) is 11.4. The third-order valence-electron chi connectivity index (χ3n) is 2.20. The van der Waals surface area contributed by atoms with E-state index in [1.54, 1.807) is 6.20 Å². The Bertz CT molecular complexity index is 485. The number of nitrogens with zero attached hydrogens (tertiary/aromatic N) is 1. The standard InChI is InChI=1S/C13H12ClNO/c1-10-4-2-6-12(8-10)16-13-11(9-14)5-3-7-15-13/h2-8H,9H2,1H3. The van der Waals surface area contributed by atoms with Crippen LogP contribution >= 0.6 is 11.6 Å². The first-order valence-electron chi connectivity index (χ1n) is 5.04. The van der Waals surface area contributed by atoms with Crippen molar-refractivity contribution in [2.24, 2.45) is 0 Å². The molecule has 16 heavy (non-hydrogen) atoms. The smallest absolute Gasteiger partial charge is 0.223 e. The van der Waals surface area contributed by atoms with Crippen LogP contribution in [-0.2, 0) is 5.88 Å². The Morgan fingerprint density at radius 3 is 2.88 bits per heavy atom. The van der Waals surface area contributed by atoms with Gasteiger partial charge in [-0.15, -0.1) is 11.6 Å². The van der Waals surface area contributed by atoms with E-state index in [4.69, 9.17) is 16.3 Å². The summed E-state index contributed by atoms with van der Waals surface area (Å²) in [6.07, 6.45) is 1.70. The second kappa shape index (κ2) is 4.99. The second-order valence-electron chi connectivity index (χ2n) is 3.52. The Hall–Kier alpha value is -1.54. The van der Waals surface area contributed by atoms with Crippen LogP contribution < -0.4 is 4.74 Å². The maximum absolute atomic E-state index is 5.81. The first kappa shape index (κ1) is 11.0. The maximum Gasteiger partial charge on any atom is 0.223 e. The highest BCUT2D eigenvalue weighted by Gasteiger charge is 2.04. The van der Waals surface area contributed by atoms with Gasteiger partial charge in [-0.25, -0.2) is 4.98 Å². The molecule has 0 aliphatic rings. The van der Waals surface area contributed by atoms with Crippen molar-refractivity contribution in [2.45, 2.75) is 12.8 Å². The Morgan fingerprint density at radius 1 is 1.25 bits per heavy atom. The summed E-state index contributed by atoms with van der Waals surface area (Å²) < 4.78 is 5.69. The molecule has 3 heteroatoms. The van der Waals surface area contributed by atoms with Crippen LogP contribution in [0.25, 0.3) is 0 Å². The molecule has 0 atom stereocenters. The van der Waals surface area contributed by atoms with Crippen molar-refractivity contribution >= 4 is 11.6 Å². The Labute approximate surface area is 99.9 Å². The van der Waals surface area contributed by atoms with E-state index in [-0.39, 0.29) is 0 Å². The minimum absolute atomic E-state index is 0.398. The molecule has 0 saturated carbocycles. The molecule has 0 saturated heterocycles. The van der Waals surface area contributed by atoms with Crippen LogP contribution in [0.5, 0.6) is 11.6 Å². The molecule has 0 unspecified atom stereocenters. The van der Waals surface area contributed by atoms with Crippen LogP contribution in [0.4, 0.5) is 0 Å². The normalized spacial score (nSPS) is 10.1. The fourth-order valence-electron chi connectivity index (χ4n) is 1.41. The lowest BCUT2D eigenvalue weighted by molar-refractivity contribution is 0.458. The molecule has 1 heterocycles. The van der Waals surface area contributed by atoms with Crippen LogP contribution in [0.1, 0.15) is 11.1 Å². The minimum Gasteiger partial charge on any atom is -0.439 e. The summed E-state index contributed by atoms with van der Waals surface area (Å²) in [5.74, 6) is 1.75. The summed E-state index contributed by atoms with van der Waals surface area (Å²) in [6.45, 7) is 2.02. The van der Waals surface area contributed by atoms with E-state index in [0.717, 1.165) is 16.9 Å². The van der Waals surface area contributed by atoms with E-state index in [2.05, 4.69) is 4.98 Å². The molecular weight excluding hydrogens is 222 g/mol. The zero-order valence-electron chi connectivity index (χ0n) is 8.98. The summed E-state index contributed by atoms with van der Waals surface area (Å²) in [5.41, 5.74) is 2.05. The Balaban J connectivity index is 2.26. The van der Waals surface area contributed by atoms with Gasteiger partial charge >= 0.3 is 0 Å². The van der Waals surface area contributed by atoms with Gasteiger partial charge in [-0.3, -0.25) is 0 Å². The first-order valence-corrected chi connectivity index (χ1v) is 5.57. The molecule has 0 amide bonds. The van der Waals surface area contributed by atoms with Gasteiger partial charge in [0.2, 0.25) is 5.88 Å². The van der Waals surface area contributed by atoms with Crippen LogP contribution in [0, 0.1) is 6.92 Å². The van der Waals surface area contributed by atoms with Gasteiger partial charge in [-0.1, -0.05) is 18.2 Å². The minimum atomic E-state index is 0.398. The number of ether oxygens (including phenoxy) is 1. The van der Waals surface area contributed by atoms with Gasteiger partial charge in [-0.2, -0.15) is 0 Å². The van der Waals surface area contributed by atoms with Crippen molar-refractivity contribution < 1.29 is 4.74 Å². The van der Waals surface area contributed by atoms with E-state index in [9.17, 15) is 0 Å². The molecule has 2 nitrogen and oxygen atoms in total. The van der Waals surface area contributed by atoms with E-state index in [1.807, 2.05) is 43.3 Å². The van der Waals surface area contributed by atoms with Crippen molar-refractivity contribution in [1.82, 2.24) is 4.98 Å². The quantitative estimate of drug-likeness (QED) is 0.750. The Kier molecular flexibility index (Phi) is 3.42. The zero-order valence-corrected chi connectivity index (χ0v) is 9.74. The SMILES string of the molecule is Cc1cccc(Oc2ncccc2CCl)c1. The summed E-state index contributed by atoms with van der Waals surface area (Å²) >= 11 is 5.81. The van der Waals surface area contributed by atoms with E-state index in [1.165, 1.54) is 0 Å². The average Bonchev–Trinajstić information content (AvgIpc) is 2.30. The molecule has 2 rings (SSSR count). The lowest BCUT2D eigenvalue weighted by Crippen LogP contribution is -1.92. The monoisotopic (exact) mass is 233 g/mol. The number of hydrogen-bond acceptors (Lipinski definition) is 2. The van der Waals surface area contributed by atoms with E-state index >= 15 is 0 Å². The summed E-state index contributed by atoms with van der Waals surface area (Å²) in [5, 5.41) is 0. The molecule has 2 aromatic rings. The first-order chi connectivity index (χ1) is 7.79. The molecule has 0 bridgehead atoms. The third-order valence-corrected chi connectivity index (χ3v) is 2.49. The van der Waals surface area contributed by atoms with Gasteiger partial charge in [0.25, 0.3) is 0 Å². The van der Waals surface area contributed by atoms with Gasteiger partial charge < -0.3 is 4.74 Å². The number of aromatic nitrogens is 1. The van der Waals surface area contributed by atoms with E-state index in [0.29, 0.717) is 11.8 Å². The average molecular weight is 234 g/mol. The van der Waals surface area contributed by atoms with Gasteiger partial charge in [0.1, 0.15) is 5.75 Å². The molecule has 0 N–H and O–H groups in total. The number of aryl methyl sites for hydroxylation is 1. The Morgan fingerprint density at radius 2 is 2.12 bits per heavy atom. The van der Waals surface area contributed by atoms with Gasteiger partial charge in [0.05, 0.1) is 5.88 Å². The highest BCUT2D eigenvalue weighted by molar-refractivity contribution is 6.17. The van der Waals surface area contributed by atoms with Crippen molar-refractivity contribution in [2.75, 3.05) is 0 Å². The predicted octanol–water partition coefficient (Wildman–Crippen LogP) is 3.92. The van der Waals surface area contributed by atoms with Gasteiger partial charge in [0.15, 0.2) is 0 Å². The molecule has 82 valence electrons. The number of pyridine rings is 1. The highest BCUT2D eigenvalue weighted by Crippen LogP contribution is 2.24. The molecule has 0 fully saturated rings. The number of rotatable bonds is 3. The lowest BCUT2D eigenvalue weighted by atomic mass is 10.2. The van der Waals surface area contributed by atoms with Crippen LogP contribution in [0.15, 0.2) is 42.6 Å². The largest absolute Gasteiger partial charge is 0.439 e.